The highest BCUT2D eigenvalue weighted by Gasteiger charge is 2.05. The highest BCUT2D eigenvalue weighted by molar-refractivity contribution is 9.10. The van der Waals surface area contributed by atoms with Crippen LogP contribution < -0.4 is 5.32 Å². The first kappa shape index (κ1) is 13.2. The van der Waals surface area contributed by atoms with Crippen LogP contribution in [-0.4, -0.2) is 9.97 Å². The first-order valence-electron chi connectivity index (χ1n) is 5.34. The van der Waals surface area contributed by atoms with E-state index in [1.807, 2.05) is 6.92 Å². The Morgan fingerprint density at radius 2 is 2.11 bits per heavy atom. The molecule has 0 radical (unpaired) electrons. The molecule has 0 bridgehead atoms. The Hall–Kier alpha value is -1.20. The van der Waals surface area contributed by atoms with Gasteiger partial charge in [0, 0.05) is 12.5 Å². The van der Waals surface area contributed by atoms with Gasteiger partial charge in [0.2, 0.25) is 0 Å². The van der Waals surface area contributed by atoms with E-state index >= 15 is 0 Å². The Morgan fingerprint density at radius 3 is 2.78 bits per heavy atom. The highest BCUT2D eigenvalue weighted by Crippen LogP contribution is 2.26. The third-order valence-electron chi connectivity index (χ3n) is 2.25. The second-order valence-electron chi connectivity index (χ2n) is 3.59. The average molecular weight is 331 g/mol. The lowest BCUT2D eigenvalue weighted by Gasteiger charge is -2.09. The van der Waals surface area contributed by atoms with Crippen molar-refractivity contribution in [3.05, 3.63) is 45.5 Å². The summed E-state index contributed by atoms with van der Waals surface area (Å²) in [5.41, 5.74) is 0.603. The molecule has 0 atom stereocenters. The van der Waals surface area contributed by atoms with Crippen LogP contribution in [0.2, 0.25) is 5.02 Å². The number of nitrogens with one attached hydrogen (secondary N) is 1. The van der Waals surface area contributed by atoms with Crippen molar-refractivity contribution in [3.63, 3.8) is 0 Å². The summed E-state index contributed by atoms with van der Waals surface area (Å²) in [5.74, 6) is 0.955. The molecule has 0 aliphatic rings. The topological polar surface area (TPSA) is 37.8 Å². The van der Waals surface area contributed by atoms with E-state index in [0.29, 0.717) is 27.0 Å². The number of anilines is 2. The number of hydrogen-bond acceptors (Lipinski definition) is 3. The van der Waals surface area contributed by atoms with Gasteiger partial charge in [-0.15, -0.1) is 0 Å². The summed E-state index contributed by atoms with van der Waals surface area (Å²) in [6.07, 6.45) is 0.727. The van der Waals surface area contributed by atoms with Crippen LogP contribution in [0.25, 0.3) is 0 Å². The molecule has 0 amide bonds. The molecule has 2 rings (SSSR count). The molecule has 0 unspecified atom stereocenters. The summed E-state index contributed by atoms with van der Waals surface area (Å²) in [6, 6.07) is 5.89. The van der Waals surface area contributed by atoms with Gasteiger partial charge in [-0.1, -0.05) is 18.5 Å². The second kappa shape index (κ2) is 5.63. The predicted octanol–water partition coefficient (Wildman–Crippen LogP) is 4.34. The van der Waals surface area contributed by atoms with E-state index in [9.17, 15) is 4.39 Å². The van der Waals surface area contributed by atoms with Crippen LogP contribution in [0.5, 0.6) is 0 Å². The molecule has 1 N–H and O–H groups in total. The van der Waals surface area contributed by atoms with Gasteiger partial charge in [-0.25, -0.2) is 14.4 Å². The summed E-state index contributed by atoms with van der Waals surface area (Å²) in [7, 11) is 0. The van der Waals surface area contributed by atoms with Crippen LogP contribution in [0.1, 0.15) is 12.7 Å². The number of halogens is 3. The Bertz CT molecular complexity index is 577. The van der Waals surface area contributed by atoms with Crippen molar-refractivity contribution in [2.75, 3.05) is 5.32 Å². The average Bonchev–Trinajstić information content (AvgIpc) is 2.32. The van der Waals surface area contributed by atoms with E-state index in [4.69, 9.17) is 11.6 Å². The summed E-state index contributed by atoms with van der Waals surface area (Å²) in [5, 5.41) is 3.34. The lowest BCUT2D eigenvalue weighted by molar-refractivity contribution is 0.628. The molecule has 1 heterocycles. The molecule has 0 saturated carbocycles. The first-order chi connectivity index (χ1) is 8.58. The van der Waals surface area contributed by atoms with Gasteiger partial charge < -0.3 is 5.32 Å². The molecule has 1 aromatic carbocycles. The molecule has 1 aromatic heterocycles. The molecular formula is C12H10BrClFN3. The van der Waals surface area contributed by atoms with Gasteiger partial charge in [0.05, 0.1) is 10.7 Å². The number of nitrogens with zero attached hydrogens (tertiary/aromatic N) is 2. The molecule has 6 heteroatoms. The van der Waals surface area contributed by atoms with Crippen molar-refractivity contribution < 1.29 is 4.39 Å². The van der Waals surface area contributed by atoms with Gasteiger partial charge in [-0.2, -0.15) is 0 Å². The van der Waals surface area contributed by atoms with Crippen LogP contribution in [-0.2, 0) is 6.42 Å². The van der Waals surface area contributed by atoms with Gasteiger partial charge in [0.25, 0.3) is 0 Å². The summed E-state index contributed by atoms with van der Waals surface area (Å²) < 4.78 is 13.6. The van der Waals surface area contributed by atoms with Gasteiger partial charge >= 0.3 is 0 Å². The van der Waals surface area contributed by atoms with E-state index in [1.165, 1.54) is 12.1 Å². The van der Waals surface area contributed by atoms with Crippen molar-refractivity contribution in [3.8, 4) is 0 Å². The van der Waals surface area contributed by atoms with Crippen molar-refractivity contribution in [2.45, 2.75) is 13.3 Å². The van der Waals surface area contributed by atoms with Gasteiger partial charge in [-0.05, 0) is 34.1 Å². The van der Waals surface area contributed by atoms with Gasteiger partial charge in [-0.3, -0.25) is 0 Å². The number of aryl methyl sites for hydroxylation is 1. The van der Waals surface area contributed by atoms with Crippen LogP contribution in [0, 0.1) is 5.82 Å². The summed E-state index contributed by atoms with van der Waals surface area (Å²) in [6.45, 7) is 1.97. The summed E-state index contributed by atoms with van der Waals surface area (Å²) in [4.78, 5) is 8.51. The van der Waals surface area contributed by atoms with E-state index in [1.54, 1.807) is 12.1 Å². The lowest BCUT2D eigenvalue weighted by Crippen LogP contribution is -2.00. The zero-order valence-corrected chi connectivity index (χ0v) is 11.9. The first-order valence-corrected chi connectivity index (χ1v) is 6.51. The number of rotatable bonds is 3. The number of aromatic nitrogens is 2. The van der Waals surface area contributed by atoms with Crippen molar-refractivity contribution in [1.29, 1.82) is 0 Å². The smallest absolute Gasteiger partial charge is 0.135 e. The fourth-order valence-corrected chi connectivity index (χ4v) is 2.05. The third-order valence-corrected chi connectivity index (χ3v) is 2.97. The SMILES string of the molecule is CCc1nc(Br)cc(Nc2ccc(F)cc2Cl)n1. The minimum absolute atomic E-state index is 0.308. The minimum Gasteiger partial charge on any atom is -0.339 e. The maximum atomic E-state index is 12.9. The Balaban J connectivity index is 2.30. The zero-order valence-electron chi connectivity index (χ0n) is 9.54. The maximum absolute atomic E-state index is 12.9. The third kappa shape index (κ3) is 3.17. The fourth-order valence-electron chi connectivity index (χ4n) is 1.42. The number of hydrogen-bond donors (Lipinski definition) is 1. The predicted molar refractivity (Wildman–Crippen MR) is 73.8 cm³/mol. The van der Waals surface area contributed by atoms with Gasteiger partial charge in [0.15, 0.2) is 0 Å². The van der Waals surface area contributed by atoms with Crippen molar-refractivity contribution in [1.82, 2.24) is 9.97 Å². The molecule has 0 aliphatic heterocycles. The minimum atomic E-state index is -0.372. The van der Waals surface area contributed by atoms with Crippen LogP contribution in [0.3, 0.4) is 0 Å². The lowest BCUT2D eigenvalue weighted by atomic mass is 10.3. The molecule has 3 nitrogen and oxygen atoms in total. The maximum Gasteiger partial charge on any atom is 0.135 e. The van der Waals surface area contributed by atoms with Crippen LogP contribution in [0.4, 0.5) is 15.9 Å². The molecule has 18 heavy (non-hydrogen) atoms. The van der Waals surface area contributed by atoms with E-state index in [0.717, 1.165) is 6.42 Å². The zero-order chi connectivity index (χ0) is 13.1. The molecule has 2 aromatic rings. The number of benzene rings is 1. The van der Waals surface area contributed by atoms with Crippen molar-refractivity contribution >= 4 is 39.0 Å². The standard InChI is InChI=1S/C12H10BrClFN3/c1-2-11-17-10(13)6-12(18-11)16-9-4-3-7(15)5-8(9)14/h3-6H,2H2,1H3,(H,16,17,18). The highest BCUT2D eigenvalue weighted by atomic mass is 79.9. The Labute approximate surface area is 118 Å². The normalized spacial score (nSPS) is 10.4. The molecule has 0 aliphatic carbocycles. The van der Waals surface area contributed by atoms with E-state index < -0.39 is 0 Å². The molecule has 0 fully saturated rings. The molecular weight excluding hydrogens is 321 g/mol. The van der Waals surface area contributed by atoms with Crippen LogP contribution in [0.15, 0.2) is 28.9 Å². The van der Waals surface area contributed by atoms with E-state index in [2.05, 4.69) is 31.2 Å². The van der Waals surface area contributed by atoms with Crippen molar-refractivity contribution in [2.24, 2.45) is 0 Å². The van der Waals surface area contributed by atoms with Gasteiger partial charge in [0.1, 0.15) is 22.1 Å². The molecule has 0 saturated heterocycles. The largest absolute Gasteiger partial charge is 0.339 e. The monoisotopic (exact) mass is 329 g/mol. The van der Waals surface area contributed by atoms with Crippen LogP contribution >= 0.6 is 27.5 Å². The second-order valence-corrected chi connectivity index (χ2v) is 4.81. The molecule has 94 valence electrons. The summed E-state index contributed by atoms with van der Waals surface area (Å²) >= 11 is 9.25. The Morgan fingerprint density at radius 1 is 1.33 bits per heavy atom. The fraction of sp³-hybridized carbons (Fsp3) is 0.167. The van der Waals surface area contributed by atoms with E-state index in [-0.39, 0.29) is 5.82 Å². The molecule has 0 spiro atoms. The Kier molecular flexibility index (Phi) is 4.14. The quantitative estimate of drug-likeness (QED) is 0.851.